The van der Waals surface area contributed by atoms with Gasteiger partial charge < -0.3 is 19.6 Å². The van der Waals surface area contributed by atoms with Gasteiger partial charge in [0.05, 0.1) is 18.2 Å². The number of benzene rings is 1. The molecule has 1 aliphatic rings. The van der Waals surface area contributed by atoms with Crippen LogP contribution in [0.25, 0.3) is 5.76 Å². The summed E-state index contributed by atoms with van der Waals surface area (Å²) in [5, 5.41) is 11.0. The van der Waals surface area contributed by atoms with E-state index >= 15 is 0 Å². The third-order valence-corrected chi connectivity index (χ3v) is 4.98. The zero-order chi connectivity index (χ0) is 21.7. The molecule has 1 unspecified atom stereocenters. The number of Topliss-reactive ketones (excluding diaryl/α,β-unsaturated/α-hetero) is 1. The minimum atomic E-state index is -0.680. The van der Waals surface area contributed by atoms with E-state index in [1.165, 1.54) is 12.4 Å². The molecule has 0 spiro atoms. The molecule has 0 saturated carbocycles. The molecule has 1 aliphatic heterocycles. The highest BCUT2D eigenvalue weighted by atomic mass is 16.5. The van der Waals surface area contributed by atoms with Gasteiger partial charge in [-0.2, -0.15) is 0 Å². The van der Waals surface area contributed by atoms with E-state index in [2.05, 4.69) is 4.98 Å². The van der Waals surface area contributed by atoms with Crippen LogP contribution in [-0.2, 0) is 9.59 Å². The predicted molar refractivity (Wildman–Crippen MR) is 114 cm³/mol. The molecule has 0 aliphatic carbocycles. The van der Waals surface area contributed by atoms with E-state index in [1.807, 2.05) is 50.2 Å². The van der Waals surface area contributed by atoms with Gasteiger partial charge in [-0.3, -0.25) is 14.6 Å². The maximum atomic E-state index is 13.0. The molecule has 0 radical (unpaired) electrons. The Morgan fingerprint density at radius 2 is 1.93 bits per heavy atom. The van der Waals surface area contributed by atoms with Crippen molar-refractivity contribution in [3.63, 3.8) is 0 Å². The van der Waals surface area contributed by atoms with E-state index in [4.69, 9.17) is 4.74 Å². The number of carbonyl (C=O) groups excluding carboxylic acids is 2. The van der Waals surface area contributed by atoms with Crippen molar-refractivity contribution in [2.45, 2.75) is 19.4 Å². The van der Waals surface area contributed by atoms with Gasteiger partial charge in [-0.1, -0.05) is 12.1 Å². The van der Waals surface area contributed by atoms with Gasteiger partial charge in [0.15, 0.2) is 0 Å². The first-order valence-corrected chi connectivity index (χ1v) is 10.00. The van der Waals surface area contributed by atoms with Crippen molar-refractivity contribution in [3.05, 3.63) is 65.5 Å². The van der Waals surface area contributed by atoms with E-state index in [1.54, 1.807) is 17.0 Å². The van der Waals surface area contributed by atoms with Gasteiger partial charge in [0.25, 0.3) is 11.7 Å². The fraction of sp³-hybridized carbons (Fsp3) is 0.348. The molecule has 1 N–H and O–H groups in total. The number of carbonyl (C=O) groups is 2. The van der Waals surface area contributed by atoms with E-state index in [0.717, 1.165) is 12.1 Å². The van der Waals surface area contributed by atoms with Gasteiger partial charge in [-0.25, -0.2) is 0 Å². The van der Waals surface area contributed by atoms with Gasteiger partial charge in [0, 0.05) is 24.5 Å². The summed E-state index contributed by atoms with van der Waals surface area (Å²) in [7, 11) is 3.92. The lowest BCUT2D eigenvalue weighted by molar-refractivity contribution is -0.139. The second-order valence-corrected chi connectivity index (χ2v) is 7.39. The smallest absolute Gasteiger partial charge is 0.295 e. The summed E-state index contributed by atoms with van der Waals surface area (Å²) in [4.78, 5) is 33.4. The van der Waals surface area contributed by atoms with Gasteiger partial charge >= 0.3 is 0 Å². The minimum absolute atomic E-state index is 0.0877. The molecule has 1 amide bonds. The molecular weight excluding hydrogens is 382 g/mol. The van der Waals surface area contributed by atoms with E-state index < -0.39 is 17.7 Å². The molecule has 0 bridgehead atoms. The number of aromatic nitrogens is 1. The first-order chi connectivity index (χ1) is 14.4. The van der Waals surface area contributed by atoms with Crippen molar-refractivity contribution in [2.75, 3.05) is 33.8 Å². The van der Waals surface area contributed by atoms with Crippen LogP contribution in [0.15, 0.2) is 54.4 Å². The summed E-state index contributed by atoms with van der Waals surface area (Å²) in [5.41, 5.74) is 1.26. The Bertz CT molecular complexity index is 940. The highest BCUT2D eigenvalue weighted by molar-refractivity contribution is 6.46. The van der Waals surface area contributed by atoms with Crippen molar-refractivity contribution in [1.29, 1.82) is 0 Å². The number of amides is 1. The number of hydrogen-bond acceptors (Lipinski definition) is 6. The van der Waals surface area contributed by atoms with Crippen LogP contribution in [0, 0.1) is 0 Å². The highest BCUT2D eigenvalue weighted by Gasteiger charge is 2.45. The summed E-state index contributed by atoms with van der Waals surface area (Å²) < 4.78 is 5.61. The monoisotopic (exact) mass is 409 g/mol. The van der Waals surface area contributed by atoms with Crippen LogP contribution in [-0.4, -0.2) is 65.4 Å². The summed E-state index contributed by atoms with van der Waals surface area (Å²) in [5.74, 6) is -0.826. The van der Waals surface area contributed by atoms with Gasteiger partial charge in [0.1, 0.15) is 11.5 Å². The summed E-state index contributed by atoms with van der Waals surface area (Å²) >= 11 is 0. The first kappa shape index (κ1) is 21.5. The van der Waals surface area contributed by atoms with Crippen molar-refractivity contribution in [1.82, 2.24) is 14.8 Å². The zero-order valence-electron chi connectivity index (χ0n) is 17.5. The Labute approximate surface area is 176 Å². The van der Waals surface area contributed by atoms with E-state index in [-0.39, 0.29) is 11.3 Å². The Hall–Kier alpha value is -3.19. The third-order valence-electron chi connectivity index (χ3n) is 4.98. The fourth-order valence-electron chi connectivity index (χ4n) is 3.62. The molecule has 30 heavy (non-hydrogen) atoms. The Morgan fingerprint density at radius 3 is 2.60 bits per heavy atom. The number of rotatable bonds is 8. The number of likely N-dealkylation sites (tertiary alicyclic amines) is 1. The molecule has 1 saturated heterocycles. The summed E-state index contributed by atoms with van der Waals surface area (Å²) in [6.45, 7) is 3.57. The number of ketones is 1. The van der Waals surface area contributed by atoms with Gasteiger partial charge in [-0.05, 0) is 63.8 Å². The molecule has 158 valence electrons. The number of ether oxygens (including phenoxy) is 1. The number of pyridine rings is 1. The second kappa shape index (κ2) is 9.54. The van der Waals surface area contributed by atoms with Crippen LogP contribution in [0.2, 0.25) is 0 Å². The molecule has 1 aromatic heterocycles. The first-order valence-electron chi connectivity index (χ1n) is 10.00. The van der Waals surface area contributed by atoms with Crippen molar-refractivity contribution >= 4 is 17.4 Å². The largest absolute Gasteiger partial charge is 0.507 e. The topological polar surface area (TPSA) is 83.0 Å². The standard InChI is InChI=1S/C23H27N3O4/c1-4-30-18-8-5-7-17(15-18)20-19(21(27)16-9-11-24-12-10-16)22(28)23(29)26(20)14-6-13-25(2)3/h5,7-12,15,20,27H,4,6,13-14H2,1-3H3/b21-19+. The number of nitrogens with zero attached hydrogens (tertiary/aromatic N) is 3. The average molecular weight is 409 g/mol. The van der Waals surface area contributed by atoms with Gasteiger partial charge in [0.2, 0.25) is 0 Å². The highest BCUT2D eigenvalue weighted by Crippen LogP contribution is 2.40. The summed E-state index contributed by atoms with van der Waals surface area (Å²) in [6.07, 6.45) is 3.77. The Kier molecular flexibility index (Phi) is 6.84. The molecular formula is C23H27N3O4. The molecule has 7 nitrogen and oxygen atoms in total. The zero-order valence-corrected chi connectivity index (χ0v) is 17.5. The van der Waals surface area contributed by atoms with E-state index in [9.17, 15) is 14.7 Å². The van der Waals surface area contributed by atoms with Crippen LogP contribution >= 0.6 is 0 Å². The fourth-order valence-corrected chi connectivity index (χ4v) is 3.62. The van der Waals surface area contributed by atoms with Crippen LogP contribution in [0.4, 0.5) is 0 Å². The molecule has 1 atom stereocenters. The Morgan fingerprint density at radius 1 is 1.20 bits per heavy atom. The van der Waals surface area contributed by atoms with Crippen LogP contribution in [0.3, 0.4) is 0 Å². The Balaban J connectivity index is 2.08. The third kappa shape index (κ3) is 4.52. The van der Waals surface area contributed by atoms with Crippen molar-refractivity contribution < 1.29 is 19.4 Å². The normalized spacial score (nSPS) is 18.3. The quantitative estimate of drug-likeness (QED) is 0.410. The maximum absolute atomic E-state index is 13.0. The summed E-state index contributed by atoms with van der Waals surface area (Å²) in [6, 6.07) is 9.86. The minimum Gasteiger partial charge on any atom is -0.507 e. The lowest BCUT2D eigenvalue weighted by Crippen LogP contribution is -2.32. The van der Waals surface area contributed by atoms with Crippen LogP contribution in [0.5, 0.6) is 5.75 Å². The second-order valence-electron chi connectivity index (χ2n) is 7.39. The molecule has 2 heterocycles. The number of aliphatic hydroxyl groups excluding tert-OH is 1. The molecule has 2 aromatic rings. The van der Waals surface area contributed by atoms with Crippen LogP contribution < -0.4 is 4.74 Å². The SMILES string of the molecule is CCOc1cccc(C2/C(=C(\O)c3ccncc3)C(=O)C(=O)N2CCCN(C)C)c1. The number of aliphatic hydroxyl groups is 1. The molecule has 7 heteroatoms. The van der Waals surface area contributed by atoms with Crippen molar-refractivity contribution in [3.8, 4) is 5.75 Å². The van der Waals surface area contributed by atoms with E-state index in [0.29, 0.717) is 30.9 Å². The lowest BCUT2D eigenvalue weighted by Gasteiger charge is -2.26. The molecule has 1 fully saturated rings. The maximum Gasteiger partial charge on any atom is 0.295 e. The predicted octanol–water partition coefficient (Wildman–Crippen LogP) is 2.85. The van der Waals surface area contributed by atoms with Gasteiger partial charge in [-0.15, -0.1) is 0 Å². The molecule has 1 aromatic carbocycles. The van der Waals surface area contributed by atoms with Crippen molar-refractivity contribution in [2.24, 2.45) is 0 Å². The average Bonchev–Trinajstić information content (AvgIpc) is 2.99. The van der Waals surface area contributed by atoms with Crippen LogP contribution in [0.1, 0.15) is 30.5 Å². The number of hydrogen-bond donors (Lipinski definition) is 1. The lowest BCUT2D eigenvalue weighted by atomic mass is 9.95. The molecule has 3 rings (SSSR count).